The van der Waals surface area contributed by atoms with Gasteiger partial charge in [0.1, 0.15) is 0 Å². The molecule has 0 aliphatic heterocycles. The van der Waals surface area contributed by atoms with Crippen molar-refractivity contribution in [3.8, 4) is 0 Å². The van der Waals surface area contributed by atoms with Crippen LogP contribution in [0.1, 0.15) is 43.6 Å². The molecule has 0 bridgehead atoms. The number of carbonyl (C=O) groups excluding carboxylic acids is 1. The Balaban J connectivity index is 0.000000567. The quantitative estimate of drug-likeness (QED) is 0.520. The molecule has 0 aliphatic rings. The number of benzene rings is 1. The highest BCUT2D eigenvalue weighted by atomic mass is 16.5. The summed E-state index contributed by atoms with van der Waals surface area (Å²) >= 11 is 0. The Kier molecular flexibility index (Phi) is 7.76. The maximum atomic E-state index is 11.3. The Morgan fingerprint density at radius 2 is 1.71 bits per heavy atom. The first-order chi connectivity index (χ1) is 9.72. The average molecular weight is 290 g/mol. The van der Waals surface area contributed by atoms with E-state index in [1.807, 2.05) is 12.1 Å². The fourth-order valence-corrected chi connectivity index (χ4v) is 1.39. The first-order valence-corrected chi connectivity index (χ1v) is 6.50. The van der Waals surface area contributed by atoms with Crippen LogP contribution < -0.4 is 0 Å². The SMILES string of the molecule is C=COC(=O)c1ccc(C(C)(C)C)cc1.CC=CC(=O)O. The number of allylic oxidation sites excluding steroid dienone is 1. The Bertz CT molecular complexity index is 505. The van der Waals surface area contributed by atoms with Crippen LogP contribution >= 0.6 is 0 Å². The minimum Gasteiger partial charge on any atom is -0.478 e. The van der Waals surface area contributed by atoms with Gasteiger partial charge in [-0.05, 0) is 30.0 Å². The van der Waals surface area contributed by atoms with E-state index in [9.17, 15) is 9.59 Å². The summed E-state index contributed by atoms with van der Waals surface area (Å²) in [6.07, 6.45) is 3.70. The third-order valence-corrected chi connectivity index (χ3v) is 2.49. The van der Waals surface area contributed by atoms with Crippen molar-refractivity contribution < 1.29 is 19.4 Å². The van der Waals surface area contributed by atoms with E-state index >= 15 is 0 Å². The molecule has 4 heteroatoms. The maximum Gasteiger partial charge on any atom is 0.342 e. The van der Waals surface area contributed by atoms with Gasteiger partial charge in [0.2, 0.25) is 0 Å². The molecule has 0 aliphatic carbocycles. The number of aliphatic carboxylic acids is 1. The highest BCUT2D eigenvalue weighted by Gasteiger charge is 2.14. The molecule has 0 spiro atoms. The smallest absolute Gasteiger partial charge is 0.342 e. The molecule has 0 amide bonds. The molecule has 0 heterocycles. The average Bonchev–Trinajstić information content (AvgIpc) is 2.38. The minimum absolute atomic E-state index is 0.0981. The van der Waals surface area contributed by atoms with Crippen molar-refractivity contribution in [3.05, 3.63) is 60.4 Å². The molecular formula is C17H22O4. The zero-order valence-corrected chi connectivity index (χ0v) is 12.9. The summed E-state index contributed by atoms with van der Waals surface area (Å²) in [5.41, 5.74) is 1.83. The second-order valence-corrected chi connectivity index (χ2v) is 5.24. The molecule has 0 unspecified atom stereocenters. The third-order valence-electron chi connectivity index (χ3n) is 2.49. The molecule has 0 atom stereocenters. The number of hydrogen-bond donors (Lipinski definition) is 1. The van der Waals surface area contributed by atoms with Gasteiger partial charge < -0.3 is 9.84 Å². The second kappa shape index (κ2) is 8.74. The van der Waals surface area contributed by atoms with Gasteiger partial charge in [0.05, 0.1) is 11.8 Å². The van der Waals surface area contributed by atoms with Crippen LogP contribution in [0.25, 0.3) is 0 Å². The minimum atomic E-state index is -0.891. The van der Waals surface area contributed by atoms with E-state index in [-0.39, 0.29) is 11.4 Å². The zero-order valence-electron chi connectivity index (χ0n) is 12.9. The molecule has 1 aromatic rings. The van der Waals surface area contributed by atoms with Crippen molar-refractivity contribution in [1.82, 2.24) is 0 Å². The van der Waals surface area contributed by atoms with Gasteiger partial charge in [0.25, 0.3) is 0 Å². The molecule has 1 rings (SSSR count). The molecule has 21 heavy (non-hydrogen) atoms. The van der Waals surface area contributed by atoms with Crippen LogP contribution in [0.3, 0.4) is 0 Å². The van der Waals surface area contributed by atoms with Crippen molar-refractivity contribution >= 4 is 11.9 Å². The molecule has 1 N–H and O–H groups in total. The Morgan fingerprint density at radius 1 is 1.19 bits per heavy atom. The molecular weight excluding hydrogens is 268 g/mol. The van der Waals surface area contributed by atoms with Gasteiger partial charge in [-0.3, -0.25) is 0 Å². The molecule has 0 aromatic heterocycles. The van der Waals surface area contributed by atoms with E-state index in [1.54, 1.807) is 19.1 Å². The fourth-order valence-electron chi connectivity index (χ4n) is 1.39. The van der Waals surface area contributed by atoms with Gasteiger partial charge in [-0.1, -0.05) is 45.6 Å². The normalized spacial score (nSPS) is 10.5. The van der Waals surface area contributed by atoms with Crippen LogP contribution in [-0.4, -0.2) is 17.0 Å². The highest BCUT2D eigenvalue weighted by Crippen LogP contribution is 2.22. The summed E-state index contributed by atoms with van der Waals surface area (Å²) in [7, 11) is 0. The lowest BCUT2D eigenvalue weighted by Gasteiger charge is -2.18. The topological polar surface area (TPSA) is 63.6 Å². The van der Waals surface area contributed by atoms with Crippen molar-refractivity contribution in [2.45, 2.75) is 33.1 Å². The van der Waals surface area contributed by atoms with Crippen LogP contribution in [0.5, 0.6) is 0 Å². The van der Waals surface area contributed by atoms with Crippen molar-refractivity contribution in [2.24, 2.45) is 0 Å². The molecule has 4 nitrogen and oxygen atoms in total. The molecule has 0 saturated carbocycles. The van der Waals surface area contributed by atoms with E-state index in [1.165, 1.54) is 11.6 Å². The molecule has 0 fully saturated rings. The Hall–Kier alpha value is -2.36. The first-order valence-electron chi connectivity index (χ1n) is 6.50. The van der Waals surface area contributed by atoms with Gasteiger partial charge in [-0.25, -0.2) is 9.59 Å². The van der Waals surface area contributed by atoms with Crippen LogP contribution in [0, 0.1) is 0 Å². The Labute approximate surface area is 125 Å². The number of hydrogen-bond acceptors (Lipinski definition) is 3. The fraction of sp³-hybridized carbons (Fsp3) is 0.294. The predicted molar refractivity (Wildman–Crippen MR) is 83.2 cm³/mol. The lowest BCUT2D eigenvalue weighted by molar-refractivity contribution is -0.131. The number of carboxylic acids is 1. The molecule has 1 aromatic carbocycles. The van der Waals surface area contributed by atoms with E-state index in [0.717, 1.165) is 12.3 Å². The summed E-state index contributed by atoms with van der Waals surface area (Å²) in [4.78, 5) is 20.8. The van der Waals surface area contributed by atoms with E-state index in [0.29, 0.717) is 5.56 Å². The van der Waals surface area contributed by atoms with Gasteiger partial charge >= 0.3 is 11.9 Å². The van der Waals surface area contributed by atoms with Crippen LogP contribution in [0.4, 0.5) is 0 Å². The van der Waals surface area contributed by atoms with E-state index in [4.69, 9.17) is 5.11 Å². The lowest BCUT2D eigenvalue weighted by Crippen LogP contribution is -2.11. The molecule has 0 radical (unpaired) electrons. The van der Waals surface area contributed by atoms with Crippen molar-refractivity contribution in [2.75, 3.05) is 0 Å². The largest absolute Gasteiger partial charge is 0.478 e. The van der Waals surface area contributed by atoms with Crippen molar-refractivity contribution in [3.63, 3.8) is 0 Å². The summed E-state index contributed by atoms with van der Waals surface area (Å²) in [6, 6.07) is 7.43. The summed E-state index contributed by atoms with van der Waals surface area (Å²) in [6.45, 7) is 11.4. The first kappa shape index (κ1) is 18.6. The Morgan fingerprint density at radius 3 is 2.00 bits per heavy atom. The number of ether oxygens (including phenoxy) is 1. The van der Waals surface area contributed by atoms with Gasteiger partial charge in [-0.15, -0.1) is 0 Å². The molecule has 0 saturated heterocycles. The third kappa shape index (κ3) is 7.72. The van der Waals surface area contributed by atoms with Crippen LogP contribution in [0.2, 0.25) is 0 Å². The van der Waals surface area contributed by atoms with Crippen LogP contribution in [0.15, 0.2) is 49.3 Å². The predicted octanol–water partition coefficient (Wildman–Crippen LogP) is 3.93. The standard InChI is InChI=1S/C13H16O2.C4H6O2/c1-5-15-12(14)10-6-8-11(9-7-10)13(2,3)4;1-2-3-4(5)6/h5-9H,1H2,2-4H3;2-3H,1H3,(H,5,6). The number of carboxylic acid groups (broad SMARTS) is 1. The monoisotopic (exact) mass is 290 g/mol. The molecule has 114 valence electrons. The number of rotatable bonds is 3. The number of esters is 1. The second-order valence-electron chi connectivity index (χ2n) is 5.24. The summed E-state index contributed by atoms with van der Waals surface area (Å²) in [5, 5.41) is 7.83. The van der Waals surface area contributed by atoms with E-state index in [2.05, 4.69) is 32.1 Å². The van der Waals surface area contributed by atoms with Crippen molar-refractivity contribution in [1.29, 1.82) is 0 Å². The van der Waals surface area contributed by atoms with Gasteiger partial charge in [0.15, 0.2) is 0 Å². The maximum absolute atomic E-state index is 11.3. The summed E-state index contributed by atoms with van der Waals surface area (Å²) in [5.74, 6) is -1.26. The lowest BCUT2D eigenvalue weighted by atomic mass is 9.87. The summed E-state index contributed by atoms with van der Waals surface area (Å²) < 4.78 is 4.68. The van der Waals surface area contributed by atoms with Gasteiger partial charge in [-0.2, -0.15) is 0 Å². The van der Waals surface area contributed by atoms with E-state index < -0.39 is 5.97 Å². The zero-order chi connectivity index (χ0) is 16.5. The van der Waals surface area contributed by atoms with Crippen LogP contribution in [-0.2, 0) is 14.9 Å². The van der Waals surface area contributed by atoms with Gasteiger partial charge in [0, 0.05) is 6.08 Å². The number of carbonyl (C=O) groups is 2. The highest BCUT2D eigenvalue weighted by molar-refractivity contribution is 5.89.